The van der Waals surface area contributed by atoms with E-state index in [1.165, 1.54) is 0 Å². The molecule has 0 saturated heterocycles. The van der Waals surface area contributed by atoms with Crippen LogP contribution in [0.15, 0.2) is 66.3 Å². The van der Waals surface area contributed by atoms with E-state index in [2.05, 4.69) is 19.9 Å². The average molecular weight is 473 g/mol. The summed E-state index contributed by atoms with van der Waals surface area (Å²) in [5, 5.41) is 12.8. The first kappa shape index (κ1) is 20.4. The normalized spacial score (nSPS) is 17.9. The minimum absolute atomic E-state index is 0.227. The molecule has 1 amide bonds. The van der Waals surface area contributed by atoms with E-state index in [4.69, 9.17) is 10.1 Å². The summed E-state index contributed by atoms with van der Waals surface area (Å²) in [5.74, 6) is -0.291. The van der Waals surface area contributed by atoms with Gasteiger partial charge in [0.2, 0.25) is 0 Å². The molecule has 2 atom stereocenters. The summed E-state index contributed by atoms with van der Waals surface area (Å²) in [4.78, 5) is 21.5. The summed E-state index contributed by atoms with van der Waals surface area (Å²) in [7, 11) is 0. The third-order valence-corrected chi connectivity index (χ3v) is 6.11. The van der Waals surface area contributed by atoms with Crippen molar-refractivity contribution >= 4 is 40.1 Å². The Morgan fingerprint density at radius 2 is 2.09 bits per heavy atom. The number of nitrogens with one attached hydrogen (secondary N) is 1. The first-order valence-electron chi connectivity index (χ1n) is 10.5. The van der Waals surface area contributed by atoms with E-state index < -0.39 is 12.1 Å². The van der Waals surface area contributed by atoms with Gasteiger partial charge in [0.25, 0.3) is 5.91 Å². The molecule has 1 N–H and O–H groups in total. The lowest BCUT2D eigenvalue weighted by molar-refractivity contribution is 0.102. The molecule has 1 aliphatic carbocycles. The lowest BCUT2D eigenvalue weighted by Gasteiger charge is -2.16. The van der Waals surface area contributed by atoms with E-state index >= 15 is 0 Å². The molecule has 5 aromatic heterocycles. The van der Waals surface area contributed by atoms with Crippen molar-refractivity contribution in [1.82, 2.24) is 33.6 Å². The van der Waals surface area contributed by atoms with Crippen LogP contribution in [0.1, 0.15) is 23.1 Å². The second kappa shape index (κ2) is 7.96. The molecule has 5 heterocycles. The molecule has 0 bridgehead atoms. The Morgan fingerprint density at radius 3 is 2.91 bits per heavy atom. The quantitative estimate of drug-likeness (QED) is 0.423. The monoisotopic (exact) mass is 472 g/mol. The van der Waals surface area contributed by atoms with Gasteiger partial charge in [0, 0.05) is 17.5 Å². The van der Waals surface area contributed by atoms with E-state index in [9.17, 15) is 9.18 Å². The molecule has 9 nitrogen and oxygen atoms in total. The number of pyridine rings is 1. The lowest BCUT2D eigenvalue weighted by atomic mass is 9.93. The molecule has 0 fully saturated rings. The van der Waals surface area contributed by atoms with Gasteiger partial charge in [-0.1, -0.05) is 29.6 Å². The number of fused-ring (bicyclic) bond motifs is 2. The predicted octanol–water partition coefficient (Wildman–Crippen LogP) is 4.08. The summed E-state index contributed by atoms with van der Waals surface area (Å²) in [6.45, 7) is 1.84. The van der Waals surface area contributed by atoms with Gasteiger partial charge < -0.3 is 5.32 Å². The van der Waals surface area contributed by atoms with Crippen molar-refractivity contribution in [2.45, 2.75) is 13.1 Å². The Labute approximate surface area is 196 Å². The Balaban J connectivity index is 1.43. The van der Waals surface area contributed by atoms with Gasteiger partial charge in [-0.25, -0.2) is 18.9 Å². The number of anilines is 1. The fourth-order valence-electron chi connectivity index (χ4n) is 3.91. The number of imidazole rings is 2. The number of alkyl halides is 1. The van der Waals surface area contributed by atoms with Crippen LogP contribution in [-0.2, 0) is 0 Å². The predicted molar refractivity (Wildman–Crippen MR) is 126 cm³/mol. The zero-order chi connectivity index (χ0) is 23.2. The number of amides is 1. The van der Waals surface area contributed by atoms with E-state index in [0.29, 0.717) is 17.2 Å². The van der Waals surface area contributed by atoms with Gasteiger partial charge in [-0.05, 0) is 47.4 Å². The standard InChI is InChI=1S/C23H17FN8OS/c1-13-10-14(5-6-15(13)24)21-22(31-9-3-2-4-19(31)27-21)16-7-8-20-25-18(11-32(20)29-16)26-23(33)17-12-34-30-28-17/h2-13,15H,1H3,(H,26,33). The average Bonchev–Trinajstić information content (AvgIpc) is 3.58. The van der Waals surface area contributed by atoms with Crippen LogP contribution >= 0.6 is 11.5 Å². The number of allylic oxidation sites excluding steroid dienone is 4. The van der Waals surface area contributed by atoms with E-state index in [-0.39, 0.29) is 11.6 Å². The Hall–Kier alpha value is -4.25. The van der Waals surface area contributed by atoms with E-state index in [1.54, 1.807) is 28.2 Å². The van der Waals surface area contributed by atoms with Gasteiger partial charge >= 0.3 is 0 Å². The van der Waals surface area contributed by atoms with Gasteiger partial charge in [0.15, 0.2) is 17.2 Å². The summed E-state index contributed by atoms with van der Waals surface area (Å²) in [5.41, 5.74) is 4.56. The molecule has 2 unspecified atom stereocenters. The van der Waals surface area contributed by atoms with Crippen LogP contribution in [-0.4, -0.2) is 45.6 Å². The molecule has 0 aliphatic heterocycles. The molecule has 1 aliphatic rings. The van der Waals surface area contributed by atoms with E-state index in [0.717, 1.165) is 34.1 Å². The number of nitrogens with zero attached hydrogens (tertiary/aromatic N) is 7. The summed E-state index contributed by atoms with van der Waals surface area (Å²) < 4.78 is 21.3. The molecule has 0 radical (unpaired) electrons. The maximum Gasteiger partial charge on any atom is 0.278 e. The SMILES string of the molecule is CC1C=C(c2nc3ccccn3c2-c2ccc3nc(NC(=O)c4csnn4)cn3n2)C=CC1F. The number of hydrogen-bond acceptors (Lipinski definition) is 7. The van der Waals surface area contributed by atoms with Gasteiger partial charge in [-0.15, -0.1) is 5.10 Å². The number of aromatic nitrogens is 7. The summed E-state index contributed by atoms with van der Waals surface area (Å²) >= 11 is 1.10. The largest absolute Gasteiger partial charge is 0.304 e. The maximum atomic E-state index is 14.0. The Bertz CT molecular complexity index is 1600. The zero-order valence-corrected chi connectivity index (χ0v) is 18.6. The smallest absolute Gasteiger partial charge is 0.278 e. The second-order valence-electron chi connectivity index (χ2n) is 7.91. The number of carbonyl (C=O) groups excluding carboxylic acids is 1. The minimum atomic E-state index is -1.02. The van der Waals surface area contributed by atoms with E-state index in [1.807, 2.05) is 53.9 Å². The number of hydrogen-bond donors (Lipinski definition) is 1. The first-order chi connectivity index (χ1) is 16.6. The molecule has 0 aromatic carbocycles. The molecule has 5 aromatic rings. The molecular weight excluding hydrogens is 455 g/mol. The van der Waals surface area contributed by atoms with Crippen molar-refractivity contribution in [3.05, 3.63) is 77.7 Å². The minimum Gasteiger partial charge on any atom is -0.304 e. The second-order valence-corrected chi connectivity index (χ2v) is 8.52. The Morgan fingerprint density at radius 1 is 1.18 bits per heavy atom. The van der Waals surface area contributed by atoms with Crippen molar-refractivity contribution in [3.63, 3.8) is 0 Å². The van der Waals surface area contributed by atoms with Crippen molar-refractivity contribution in [2.75, 3.05) is 5.32 Å². The van der Waals surface area contributed by atoms with Crippen molar-refractivity contribution in [2.24, 2.45) is 5.92 Å². The molecule has 0 spiro atoms. The Kier molecular flexibility index (Phi) is 4.77. The molecule has 34 heavy (non-hydrogen) atoms. The van der Waals surface area contributed by atoms with Crippen LogP contribution in [0.2, 0.25) is 0 Å². The molecule has 168 valence electrons. The van der Waals surface area contributed by atoms with Crippen molar-refractivity contribution in [1.29, 1.82) is 0 Å². The fourth-order valence-corrected chi connectivity index (χ4v) is 4.35. The van der Waals surface area contributed by atoms with Crippen LogP contribution in [0.4, 0.5) is 10.2 Å². The molecule has 0 saturated carbocycles. The maximum absolute atomic E-state index is 14.0. The highest BCUT2D eigenvalue weighted by molar-refractivity contribution is 7.03. The summed E-state index contributed by atoms with van der Waals surface area (Å²) in [6, 6.07) is 9.43. The van der Waals surface area contributed by atoms with Crippen LogP contribution in [0.3, 0.4) is 0 Å². The van der Waals surface area contributed by atoms with Gasteiger partial charge in [0.05, 0.1) is 11.9 Å². The fraction of sp³-hybridized carbons (Fsp3) is 0.130. The van der Waals surface area contributed by atoms with Crippen LogP contribution in [0.25, 0.3) is 28.3 Å². The molecule has 11 heteroatoms. The van der Waals surface area contributed by atoms with Gasteiger partial charge in [0.1, 0.15) is 23.2 Å². The third-order valence-electron chi connectivity index (χ3n) is 5.60. The third kappa shape index (κ3) is 3.46. The molecule has 6 rings (SSSR count). The highest BCUT2D eigenvalue weighted by Crippen LogP contribution is 2.33. The number of carbonyl (C=O) groups is 1. The van der Waals surface area contributed by atoms with Gasteiger partial charge in [-0.2, -0.15) is 5.10 Å². The van der Waals surface area contributed by atoms with Crippen LogP contribution in [0, 0.1) is 5.92 Å². The zero-order valence-electron chi connectivity index (χ0n) is 17.8. The molecular formula is C23H17FN8OS. The number of halogens is 1. The number of rotatable bonds is 4. The first-order valence-corrected chi connectivity index (χ1v) is 11.4. The van der Waals surface area contributed by atoms with Crippen molar-refractivity contribution < 1.29 is 9.18 Å². The highest BCUT2D eigenvalue weighted by atomic mass is 32.1. The van der Waals surface area contributed by atoms with Gasteiger partial charge in [-0.3, -0.25) is 9.20 Å². The van der Waals surface area contributed by atoms with Crippen molar-refractivity contribution in [3.8, 4) is 11.4 Å². The van der Waals surface area contributed by atoms with Crippen LogP contribution < -0.4 is 5.32 Å². The van der Waals surface area contributed by atoms with Crippen LogP contribution in [0.5, 0.6) is 0 Å². The lowest BCUT2D eigenvalue weighted by Crippen LogP contribution is -2.12. The highest BCUT2D eigenvalue weighted by Gasteiger charge is 2.23. The summed E-state index contributed by atoms with van der Waals surface area (Å²) in [6.07, 6.45) is 7.77. The topological polar surface area (TPSA) is 102 Å².